The van der Waals surface area contributed by atoms with Crippen molar-refractivity contribution >= 4 is 17.5 Å². The molecule has 0 fully saturated rings. The summed E-state index contributed by atoms with van der Waals surface area (Å²) >= 11 is 0. The van der Waals surface area contributed by atoms with Crippen molar-refractivity contribution in [3.8, 4) is 0 Å². The second-order valence-electron chi connectivity index (χ2n) is 4.64. The topological polar surface area (TPSA) is 58.2 Å². The lowest BCUT2D eigenvalue weighted by Crippen LogP contribution is -2.17. The van der Waals surface area contributed by atoms with Gasteiger partial charge in [-0.1, -0.05) is 13.8 Å². The minimum atomic E-state index is -0.132. The van der Waals surface area contributed by atoms with Gasteiger partial charge in [-0.25, -0.2) is 0 Å². The number of anilines is 1. The largest absolute Gasteiger partial charge is 0.355 e. The van der Waals surface area contributed by atoms with Gasteiger partial charge in [0, 0.05) is 24.7 Å². The smallest absolute Gasteiger partial charge is 0.251 e. The number of carbonyl (C=O) groups excluding carboxylic acids is 2. The molecule has 1 aromatic rings. The Morgan fingerprint density at radius 2 is 1.78 bits per heavy atom. The lowest BCUT2D eigenvalue weighted by atomic mass is 10.1. The number of benzene rings is 1. The van der Waals surface area contributed by atoms with Crippen LogP contribution in [0.5, 0.6) is 0 Å². The van der Waals surface area contributed by atoms with Crippen LogP contribution in [0.4, 0.5) is 5.69 Å². The summed E-state index contributed by atoms with van der Waals surface area (Å²) in [5.41, 5.74) is 1.30. The summed E-state index contributed by atoms with van der Waals surface area (Å²) in [7, 11) is 1.59. The second kappa shape index (κ2) is 6.79. The molecule has 4 nitrogen and oxygen atoms in total. The summed E-state index contributed by atoms with van der Waals surface area (Å²) in [5, 5.41) is 5.36. The van der Waals surface area contributed by atoms with Crippen LogP contribution < -0.4 is 10.6 Å². The van der Waals surface area contributed by atoms with Crippen molar-refractivity contribution < 1.29 is 9.59 Å². The third-order valence-corrected chi connectivity index (χ3v) is 2.61. The number of hydrogen-bond acceptors (Lipinski definition) is 2. The summed E-state index contributed by atoms with van der Waals surface area (Å²) in [6, 6.07) is 6.85. The zero-order chi connectivity index (χ0) is 13.5. The molecular formula is C14H20N2O2. The van der Waals surface area contributed by atoms with Gasteiger partial charge < -0.3 is 10.6 Å². The molecule has 1 rings (SSSR count). The van der Waals surface area contributed by atoms with Crippen LogP contribution in [0, 0.1) is 5.92 Å². The molecule has 0 aliphatic heterocycles. The monoisotopic (exact) mass is 248 g/mol. The molecule has 0 heterocycles. The molecule has 0 radical (unpaired) electrons. The molecule has 0 saturated carbocycles. The highest BCUT2D eigenvalue weighted by Gasteiger charge is 2.05. The number of amides is 2. The molecule has 98 valence electrons. The molecule has 0 unspecified atom stereocenters. The zero-order valence-electron chi connectivity index (χ0n) is 11.1. The predicted octanol–water partition coefficient (Wildman–Crippen LogP) is 2.42. The lowest BCUT2D eigenvalue weighted by molar-refractivity contribution is -0.116. The Bertz CT molecular complexity index is 410. The van der Waals surface area contributed by atoms with E-state index in [1.54, 1.807) is 31.3 Å². The van der Waals surface area contributed by atoms with E-state index in [2.05, 4.69) is 24.5 Å². The van der Waals surface area contributed by atoms with Gasteiger partial charge in [-0.05, 0) is 36.6 Å². The Labute approximate surface area is 108 Å². The van der Waals surface area contributed by atoms with E-state index in [4.69, 9.17) is 0 Å². The highest BCUT2D eigenvalue weighted by molar-refractivity contribution is 5.95. The summed E-state index contributed by atoms with van der Waals surface area (Å²) in [6.07, 6.45) is 1.40. The van der Waals surface area contributed by atoms with Crippen LogP contribution in [0.15, 0.2) is 24.3 Å². The molecule has 1 aromatic carbocycles. The van der Waals surface area contributed by atoms with Crippen molar-refractivity contribution in [1.29, 1.82) is 0 Å². The molecule has 2 N–H and O–H groups in total. The first-order chi connectivity index (χ1) is 8.52. The number of carbonyl (C=O) groups is 2. The van der Waals surface area contributed by atoms with E-state index in [0.29, 0.717) is 17.9 Å². The maximum absolute atomic E-state index is 11.6. The highest BCUT2D eigenvalue weighted by atomic mass is 16.2. The third-order valence-electron chi connectivity index (χ3n) is 2.61. The predicted molar refractivity (Wildman–Crippen MR) is 72.5 cm³/mol. The Morgan fingerprint density at radius 1 is 1.17 bits per heavy atom. The van der Waals surface area contributed by atoms with Crippen LogP contribution in [0.25, 0.3) is 0 Å². The van der Waals surface area contributed by atoms with E-state index in [0.717, 1.165) is 12.1 Å². The van der Waals surface area contributed by atoms with Crippen LogP contribution >= 0.6 is 0 Å². The van der Waals surface area contributed by atoms with Crippen molar-refractivity contribution in [3.05, 3.63) is 29.8 Å². The van der Waals surface area contributed by atoms with Gasteiger partial charge in [-0.3, -0.25) is 9.59 Å². The van der Waals surface area contributed by atoms with Crippen LogP contribution in [0.1, 0.15) is 37.0 Å². The van der Waals surface area contributed by atoms with Crippen molar-refractivity contribution in [2.45, 2.75) is 26.7 Å². The Morgan fingerprint density at radius 3 is 2.28 bits per heavy atom. The summed E-state index contributed by atoms with van der Waals surface area (Å²) in [4.78, 5) is 22.9. The average molecular weight is 248 g/mol. The first kappa shape index (κ1) is 14.2. The van der Waals surface area contributed by atoms with Crippen molar-refractivity contribution in [2.75, 3.05) is 12.4 Å². The molecular weight excluding hydrogens is 228 g/mol. The Hall–Kier alpha value is -1.84. The van der Waals surface area contributed by atoms with Gasteiger partial charge >= 0.3 is 0 Å². The fourth-order valence-corrected chi connectivity index (χ4v) is 1.49. The van der Waals surface area contributed by atoms with E-state index in [-0.39, 0.29) is 11.8 Å². The fraction of sp³-hybridized carbons (Fsp3) is 0.429. The Kier molecular flexibility index (Phi) is 5.36. The molecule has 18 heavy (non-hydrogen) atoms. The number of rotatable bonds is 5. The van der Waals surface area contributed by atoms with E-state index in [1.807, 2.05) is 0 Å². The van der Waals surface area contributed by atoms with E-state index < -0.39 is 0 Å². The van der Waals surface area contributed by atoms with Crippen LogP contribution in [0.2, 0.25) is 0 Å². The first-order valence-electron chi connectivity index (χ1n) is 6.15. The number of hydrogen-bond donors (Lipinski definition) is 2. The van der Waals surface area contributed by atoms with Crippen molar-refractivity contribution in [2.24, 2.45) is 5.92 Å². The zero-order valence-corrected chi connectivity index (χ0v) is 11.1. The maximum Gasteiger partial charge on any atom is 0.251 e. The van der Waals surface area contributed by atoms with E-state index in [1.165, 1.54) is 0 Å². The van der Waals surface area contributed by atoms with Crippen LogP contribution in [0.3, 0.4) is 0 Å². The summed E-state index contributed by atoms with van der Waals surface area (Å²) < 4.78 is 0. The maximum atomic E-state index is 11.6. The molecule has 0 aromatic heterocycles. The average Bonchev–Trinajstić information content (AvgIpc) is 2.36. The Balaban J connectivity index is 2.53. The molecule has 0 bridgehead atoms. The number of nitrogens with one attached hydrogen (secondary N) is 2. The summed E-state index contributed by atoms with van der Waals surface area (Å²) in [5.74, 6) is 0.399. The standard InChI is InChI=1S/C14H20N2O2/c1-10(2)4-9-13(17)16-12-7-5-11(6-8-12)14(18)15-3/h5-8,10H,4,9H2,1-3H3,(H,15,18)(H,16,17). The van der Waals surface area contributed by atoms with E-state index in [9.17, 15) is 9.59 Å². The first-order valence-corrected chi connectivity index (χ1v) is 6.15. The van der Waals surface area contributed by atoms with Gasteiger partial charge in [0.15, 0.2) is 0 Å². The van der Waals surface area contributed by atoms with E-state index >= 15 is 0 Å². The van der Waals surface area contributed by atoms with Crippen LogP contribution in [-0.4, -0.2) is 18.9 Å². The molecule has 4 heteroatoms. The molecule has 0 aliphatic rings. The fourth-order valence-electron chi connectivity index (χ4n) is 1.49. The molecule has 0 aliphatic carbocycles. The van der Waals surface area contributed by atoms with Crippen molar-refractivity contribution in [3.63, 3.8) is 0 Å². The summed E-state index contributed by atoms with van der Waals surface area (Å²) in [6.45, 7) is 4.18. The minimum Gasteiger partial charge on any atom is -0.355 e. The third kappa shape index (κ3) is 4.57. The molecule has 0 spiro atoms. The lowest BCUT2D eigenvalue weighted by Gasteiger charge is -2.07. The molecule has 2 amide bonds. The van der Waals surface area contributed by atoms with Crippen molar-refractivity contribution in [1.82, 2.24) is 5.32 Å². The van der Waals surface area contributed by atoms with Gasteiger partial charge in [0.05, 0.1) is 0 Å². The van der Waals surface area contributed by atoms with Gasteiger partial charge in [-0.15, -0.1) is 0 Å². The molecule has 0 saturated heterocycles. The van der Waals surface area contributed by atoms with Gasteiger partial charge in [0.2, 0.25) is 5.91 Å². The highest BCUT2D eigenvalue weighted by Crippen LogP contribution is 2.11. The van der Waals surface area contributed by atoms with Gasteiger partial charge in [0.1, 0.15) is 0 Å². The SMILES string of the molecule is CNC(=O)c1ccc(NC(=O)CCC(C)C)cc1. The van der Waals surface area contributed by atoms with Gasteiger partial charge in [-0.2, -0.15) is 0 Å². The van der Waals surface area contributed by atoms with Gasteiger partial charge in [0.25, 0.3) is 5.91 Å². The van der Waals surface area contributed by atoms with Crippen LogP contribution in [-0.2, 0) is 4.79 Å². The quantitative estimate of drug-likeness (QED) is 0.840. The minimum absolute atomic E-state index is 0.0105. The molecule has 0 atom stereocenters. The normalized spacial score (nSPS) is 10.2. The second-order valence-corrected chi connectivity index (χ2v) is 4.64.